The van der Waals surface area contributed by atoms with Gasteiger partial charge in [0.1, 0.15) is 12.8 Å². The van der Waals surface area contributed by atoms with E-state index in [-0.39, 0.29) is 35.9 Å². The third-order valence-corrected chi connectivity index (χ3v) is 10.3. The number of Topliss-reactive ketones (excluding diaryl/α,β-unsaturated/α-hetero) is 1. The molecule has 0 radical (unpaired) electrons. The number of halogens is 2. The van der Waals surface area contributed by atoms with Gasteiger partial charge in [-0.2, -0.15) is 5.06 Å². The fourth-order valence-corrected chi connectivity index (χ4v) is 8.30. The van der Waals surface area contributed by atoms with Gasteiger partial charge in [0.15, 0.2) is 17.2 Å². The van der Waals surface area contributed by atoms with Crippen molar-refractivity contribution in [2.24, 2.45) is 28.6 Å². The Hall–Kier alpha value is -1.48. The molecule has 0 aromatic heterocycles. The normalized spacial score (nSPS) is 44.2. The topological polar surface area (TPSA) is 98.1 Å². The lowest BCUT2D eigenvalue weighted by Crippen LogP contribution is -2.68. The molecular weight excluding hydrogens is 468 g/mol. The Kier molecular flexibility index (Phi) is 7.66. The van der Waals surface area contributed by atoms with E-state index in [2.05, 4.69) is 0 Å². The van der Waals surface area contributed by atoms with Crippen LogP contribution in [-0.2, 0) is 9.59 Å². The number of aliphatic hydroxyl groups is 2. The highest BCUT2D eigenvalue weighted by Crippen LogP contribution is 2.69. The maximum Gasteiger partial charge on any atom is 0.178 e. The largest absolute Gasteiger partial charge is 0.390 e. The average Bonchev–Trinajstić information content (AvgIpc) is 3.19. The monoisotopic (exact) mass is 509 g/mol. The maximum atomic E-state index is 16.7. The van der Waals surface area contributed by atoms with Crippen LogP contribution in [0.3, 0.4) is 0 Å². The Bertz CT molecular complexity index is 931. The van der Waals surface area contributed by atoms with Gasteiger partial charge in [-0.15, -0.1) is 0 Å². The third-order valence-electron chi connectivity index (χ3n) is 10.3. The number of ketones is 2. The van der Waals surface area contributed by atoms with Crippen LogP contribution in [-0.4, -0.2) is 69.7 Å². The van der Waals surface area contributed by atoms with Crippen LogP contribution in [0.5, 0.6) is 0 Å². The number of allylic oxidation sites excluding steroid dienone is 4. The molecule has 0 aliphatic heterocycles. The van der Waals surface area contributed by atoms with Crippen molar-refractivity contribution < 1.29 is 33.8 Å². The smallest absolute Gasteiger partial charge is 0.178 e. The third kappa shape index (κ3) is 4.22. The van der Waals surface area contributed by atoms with Gasteiger partial charge in [-0.3, -0.25) is 9.59 Å². The first-order valence-corrected chi connectivity index (χ1v) is 13.4. The number of hydroxylamine groups is 2. The molecule has 0 heterocycles. The SMILES string of the molecule is CN(O)C1CCCCC1.C[C@]12C[C@H](O)[C@@]3(F)[C@@H](C[C@H](F)C4=CC(=O)C=C[C@@]43C)C1CC[C@@H]2C(=O)CO. The fourth-order valence-electron chi connectivity index (χ4n) is 8.30. The molecule has 4 fully saturated rings. The van der Waals surface area contributed by atoms with E-state index in [9.17, 15) is 19.8 Å². The molecule has 0 amide bonds. The van der Waals surface area contributed by atoms with Crippen LogP contribution in [0.15, 0.2) is 23.8 Å². The number of fused-ring (bicyclic) bond motifs is 5. The first-order chi connectivity index (χ1) is 16.9. The summed E-state index contributed by atoms with van der Waals surface area (Å²) in [7, 11) is 1.75. The highest BCUT2D eigenvalue weighted by atomic mass is 19.1. The van der Waals surface area contributed by atoms with E-state index in [4.69, 9.17) is 5.21 Å². The molecule has 0 aromatic carbocycles. The molecule has 0 aromatic rings. The highest BCUT2D eigenvalue weighted by molar-refractivity contribution is 6.01. The molecule has 0 spiro atoms. The van der Waals surface area contributed by atoms with Crippen molar-refractivity contribution >= 4 is 11.6 Å². The van der Waals surface area contributed by atoms with E-state index in [1.165, 1.54) is 55.4 Å². The van der Waals surface area contributed by atoms with Crippen LogP contribution in [0, 0.1) is 28.6 Å². The lowest BCUT2D eigenvalue weighted by atomic mass is 9.45. The molecule has 8 heteroatoms. The number of hydrogen-bond donors (Lipinski definition) is 3. The second-order valence-electron chi connectivity index (χ2n) is 12.1. The molecule has 8 atom stereocenters. The van der Waals surface area contributed by atoms with Crippen LogP contribution in [0.4, 0.5) is 8.78 Å². The number of nitrogens with zero attached hydrogens (tertiary/aromatic N) is 1. The molecular formula is C28H41F2NO5. The van der Waals surface area contributed by atoms with E-state index in [1.54, 1.807) is 14.0 Å². The Morgan fingerprint density at radius 2 is 1.81 bits per heavy atom. The molecule has 5 rings (SSSR count). The van der Waals surface area contributed by atoms with Gasteiger partial charge < -0.3 is 15.4 Å². The van der Waals surface area contributed by atoms with Crippen molar-refractivity contribution in [2.45, 2.75) is 95.6 Å². The predicted octanol–water partition coefficient (Wildman–Crippen LogP) is 4.12. The summed E-state index contributed by atoms with van der Waals surface area (Å²) in [5.41, 5.74) is -4.04. The van der Waals surface area contributed by atoms with Crippen LogP contribution in [0.25, 0.3) is 0 Å². The minimum atomic E-state index is -2.10. The summed E-state index contributed by atoms with van der Waals surface area (Å²) in [6.45, 7) is 2.86. The summed E-state index contributed by atoms with van der Waals surface area (Å²) in [6, 6.07) is 0.443. The highest BCUT2D eigenvalue weighted by Gasteiger charge is 2.72. The maximum absolute atomic E-state index is 16.7. The Morgan fingerprint density at radius 3 is 2.39 bits per heavy atom. The van der Waals surface area contributed by atoms with Crippen LogP contribution >= 0.6 is 0 Å². The number of alkyl halides is 2. The van der Waals surface area contributed by atoms with E-state index >= 15 is 8.78 Å². The predicted molar refractivity (Wildman–Crippen MR) is 131 cm³/mol. The molecule has 0 saturated heterocycles. The molecule has 4 saturated carbocycles. The second kappa shape index (κ2) is 10.0. The van der Waals surface area contributed by atoms with Gasteiger partial charge in [0, 0.05) is 30.3 Å². The van der Waals surface area contributed by atoms with Crippen molar-refractivity contribution in [2.75, 3.05) is 13.7 Å². The van der Waals surface area contributed by atoms with E-state index in [0.717, 1.165) is 0 Å². The number of carbonyl (C=O) groups is 2. The summed E-state index contributed by atoms with van der Waals surface area (Å²) >= 11 is 0. The quantitative estimate of drug-likeness (QED) is 0.495. The van der Waals surface area contributed by atoms with Crippen LogP contribution in [0.1, 0.15) is 71.6 Å². The van der Waals surface area contributed by atoms with Crippen molar-refractivity contribution in [1.29, 1.82) is 0 Å². The molecule has 202 valence electrons. The molecule has 5 aliphatic rings. The zero-order valence-electron chi connectivity index (χ0n) is 21.6. The summed E-state index contributed by atoms with van der Waals surface area (Å²) in [6.07, 6.45) is 8.36. The first-order valence-electron chi connectivity index (χ1n) is 13.4. The number of carbonyl (C=O) groups excluding carboxylic acids is 2. The van der Waals surface area contributed by atoms with Crippen molar-refractivity contribution in [3.8, 4) is 0 Å². The molecule has 6 nitrogen and oxygen atoms in total. The standard InChI is InChI=1S/C21H26F2O4.C7H15NO/c1-19-9-18(27)21(23)14(12(19)3-4-13(19)17(26)10-24)8-16(22)15-7-11(25)5-6-20(15,21)2;1-8(9)7-5-3-2-4-6-7/h5-7,12-14,16,18,24,27H,3-4,8-10H2,1-2H3;7,9H,2-6H2,1H3/t12?,13-,14+,16+,18+,19+,20+,21+;/m1./s1. The molecule has 1 unspecified atom stereocenters. The average molecular weight is 510 g/mol. The van der Waals surface area contributed by atoms with Gasteiger partial charge in [0.2, 0.25) is 0 Å². The first kappa shape index (κ1) is 27.6. The van der Waals surface area contributed by atoms with Gasteiger partial charge in [-0.1, -0.05) is 32.3 Å². The van der Waals surface area contributed by atoms with Crippen molar-refractivity contribution in [3.63, 3.8) is 0 Å². The Labute approximate surface area is 212 Å². The minimum absolute atomic E-state index is 0.0860. The van der Waals surface area contributed by atoms with E-state index in [0.29, 0.717) is 18.9 Å². The molecule has 3 N–H and O–H groups in total. The minimum Gasteiger partial charge on any atom is -0.390 e. The summed E-state index contributed by atoms with van der Waals surface area (Å²) in [5.74, 6) is -2.11. The molecule has 36 heavy (non-hydrogen) atoms. The number of aliphatic hydroxyl groups excluding tert-OH is 2. The van der Waals surface area contributed by atoms with E-state index in [1.807, 2.05) is 6.92 Å². The van der Waals surface area contributed by atoms with Crippen LogP contribution < -0.4 is 0 Å². The van der Waals surface area contributed by atoms with E-state index < -0.39 is 47.2 Å². The fraction of sp³-hybridized carbons (Fsp3) is 0.786. The second-order valence-corrected chi connectivity index (χ2v) is 12.1. The van der Waals surface area contributed by atoms with Gasteiger partial charge in [0.25, 0.3) is 0 Å². The lowest BCUT2D eigenvalue weighted by molar-refractivity contribution is -0.202. The summed E-state index contributed by atoms with van der Waals surface area (Å²) in [5, 5.41) is 30.7. The molecule has 0 bridgehead atoms. The van der Waals surface area contributed by atoms with Crippen molar-refractivity contribution in [1.82, 2.24) is 5.06 Å². The van der Waals surface area contributed by atoms with Gasteiger partial charge in [0.05, 0.1) is 6.10 Å². The van der Waals surface area contributed by atoms with Crippen molar-refractivity contribution in [3.05, 3.63) is 23.8 Å². The van der Waals surface area contributed by atoms with Gasteiger partial charge >= 0.3 is 0 Å². The van der Waals surface area contributed by atoms with Gasteiger partial charge in [-0.05, 0) is 74.5 Å². The zero-order chi connectivity index (χ0) is 26.5. The summed E-state index contributed by atoms with van der Waals surface area (Å²) in [4.78, 5) is 24.0. The summed E-state index contributed by atoms with van der Waals surface area (Å²) < 4.78 is 31.8. The van der Waals surface area contributed by atoms with Gasteiger partial charge in [-0.25, -0.2) is 8.78 Å². The Balaban J connectivity index is 0.000000286. The molecule has 5 aliphatic carbocycles. The lowest BCUT2D eigenvalue weighted by Gasteiger charge is -2.62. The zero-order valence-corrected chi connectivity index (χ0v) is 21.6. The number of rotatable bonds is 3. The number of hydrogen-bond acceptors (Lipinski definition) is 6. The van der Waals surface area contributed by atoms with Crippen LogP contribution in [0.2, 0.25) is 0 Å². The Morgan fingerprint density at radius 1 is 1.14 bits per heavy atom.